The fraction of sp³-hybridized carbons (Fsp3) is 0.407. The normalized spacial score (nSPS) is 17.4. The number of likely N-dealkylation sites (N-methyl/N-ethyl adjacent to an activating group) is 1. The van der Waals surface area contributed by atoms with Crippen LogP contribution in [-0.4, -0.2) is 43.5 Å². The van der Waals surface area contributed by atoms with E-state index in [0.717, 1.165) is 35.3 Å². The second-order valence-electron chi connectivity index (χ2n) is 9.49. The third kappa shape index (κ3) is 5.05. The molecule has 2 aromatic carbocycles. The molecule has 1 saturated heterocycles. The van der Waals surface area contributed by atoms with Gasteiger partial charge in [-0.05, 0) is 66.6 Å². The summed E-state index contributed by atoms with van der Waals surface area (Å²) < 4.78 is 5.75. The lowest BCUT2D eigenvalue weighted by atomic mass is 9.99. The summed E-state index contributed by atoms with van der Waals surface area (Å²) in [7, 11) is 1.51. The number of hydrogen-bond donors (Lipinski definition) is 1. The fourth-order valence-electron chi connectivity index (χ4n) is 4.17. The largest absolute Gasteiger partial charge is 0.493 e. The number of anilines is 2. The Hall–Kier alpha value is -3.28. The Balaban J connectivity index is 1.55. The maximum absolute atomic E-state index is 12.9. The van der Waals surface area contributed by atoms with E-state index in [1.807, 2.05) is 36.4 Å². The standard InChI is InChI=1S/C27H33N3O3/c1-18(2)17-33-23-11-5-20(6-12-23)24-25(27(32)29(4)26(24)31)28-21-7-9-22(10-8-21)30-15-13-19(3)14-16-30/h5-12,18-19,28H,13-17H2,1-4H3. The Kier molecular flexibility index (Phi) is 6.72. The molecule has 0 aromatic heterocycles. The summed E-state index contributed by atoms with van der Waals surface area (Å²) in [6, 6.07) is 15.4. The summed E-state index contributed by atoms with van der Waals surface area (Å²) in [5.41, 5.74) is 3.34. The third-order valence-electron chi connectivity index (χ3n) is 6.30. The first kappa shape index (κ1) is 22.9. The highest BCUT2D eigenvalue weighted by Crippen LogP contribution is 2.31. The van der Waals surface area contributed by atoms with Gasteiger partial charge in [0, 0.05) is 31.5 Å². The molecule has 0 atom stereocenters. The van der Waals surface area contributed by atoms with E-state index < -0.39 is 0 Å². The van der Waals surface area contributed by atoms with Crippen molar-refractivity contribution < 1.29 is 14.3 Å². The minimum absolute atomic E-state index is 0.304. The van der Waals surface area contributed by atoms with Crippen LogP contribution in [0.2, 0.25) is 0 Å². The van der Waals surface area contributed by atoms with Gasteiger partial charge in [0.25, 0.3) is 11.8 Å². The van der Waals surface area contributed by atoms with E-state index >= 15 is 0 Å². The molecule has 0 aliphatic carbocycles. The van der Waals surface area contributed by atoms with Crippen LogP contribution in [0.4, 0.5) is 11.4 Å². The van der Waals surface area contributed by atoms with Gasteiger partial charge in [0.1, 0.15) is 11.4 Å². The smallest absolute Gasteiger partial charge is 0.277 e. The molecule has 4 rings (SSSR count). The maximum atomic E-state index is 12.9. The number of rotatable bonds is 7. The van der Waals surface area contributed by atoms with Crippen molar-refractivity contribution in [1.82, 2.24) is 4.90 Å². The quantitative estimate of drug-likeness (QED) is 0.619. The van der Waals surface area contributed by atoms with Crippen LogP contribution >= 0.6 is 0 Å². The average Bonchev–Trinajstić information content (AvgIpc) is 3.02. The van der Waals surface area contributed by atoms with Gasteiger partial charge in [0.15, 0.2) is 0 Å². The zero-order chi connectivity index (χ0) is 23.5. The Bertz CT molecular complexity index is 1030. The molecule has 0 bridgehead atoms. The molecule has 6 heteroatoms. The van der Waals surface area contributed by atoms with Gasteiger partial charge in [-0.1, -0.05) is 32.9 Å². The van der Waals surface area contributed by atoms with Crippen LogP contribution in [0.15, 0.2) is 54.2 Å². The Labute approximate surface area is 196 Å². The highest BCUT2D eigenvalue weighted by Gasteiger charge is 2.36. The molecular formula is C27H33N3O3. The number of amides is 2. The minimum atomic E-state index is -0.329. The number of nitrogens with one attached hydrogen (secondary N) is 1. The molecule has 174 valence electrons. The molecule has 1 fully saturated rings. The van der Waals surface area contributed by atoms with E-state index in [2.05, 4.69) is 43.1 Å². The molecule has 0 unspecified atom stereocenters. The van der Waals surface area contributed by atoms with Gasteiger partial charge >= 0.3 is 0 Å². The van der Waals surface area contributed by atoms with Gasteiger partial charge in [-0.2, -0.15) is 0 Å². The van der Waals surface area contributed by atoms with Crippen LogP contribution in [0.3, 0.4) is 0 Å². The lowest BCUT2D eigenvalue weighted by Crippen LogP contribution is -2.32. The number of nitrogens with zero attached hydrogens (tertiary/aromatic N) is 2. The van der Waals surface area contributed by atoms with E-state index in [0.29, 0.717) is 29.4 Å². The van der Waals surface area contributed by atoms with Gasteiger partial charge in [-0.15, -0.1) is 0 Å². The number of carbonyl (C=O) groups excluding carboxylic acids is 2. The summed E-state index contributed by atoms with van der Waals surface area (Å²) >= 11 is 0. The Morgan fingerprint density at radius 2 is 1.61 bits per heavy atom. The van der Waals surface area contributed by atoms with Crippen LogP contribution in [0, 0.1) is 11.8 Å². The molecule has 33 heavy (non-hydrogen) atoms. The first-order valence-electron chi connectivity index (χ1n) is 11.8. The van der Waals surface area contributed by atoms with E-state index in [9.17, 15) is 9.59 Å². The molecule has 0 saturated carbocycles. The summed E-state index contributed by atoms with van der Waals surface area (Å²) in [6.45, 7) is 9.25. The second-order valence-corrected chi connectivity index (χ2v) is 9.49. The number of benzene rings is 2. The molecule has 0 radical (unpaired) electrons. The van der Waals surface area contributed by atoms with Gasteiger partial charge in [0.2, 0.25) is 0 Å². The maximum Gasteiger partial charge on any atom is 0.277 e. The van der Waals surface area contributed by atoms with Crippen LogP contribution < -0.4 is 15.0 Å². The first-order valence-corrected chi connectivity index (χ1v) is 11.8. The minimum Gasteiger partial charge on any atom is -0.493 e. The van der Waals surface area contributed by atoms with Crippen molar-refractivity contribution in [1.29, 1.82) is 0 Å². The second kappa shape index (κ2) is 9.69. The molecule has 2 aromatic rings. The SMILES string of the molecule is CC(C)COc1ccc(C2=C(Nc3ccc(N4CCC(C)CC4)cc3)C(=O)N(C)C2=O)cc1. The molecule has 0 spiro atoms. The first-order chi connectivity index (χ1) is 15.8. The Morgan fingerprint density at radius 1 is 0.970 bits per heavy atom. The number of carbonyl (C=O) groups is 2. The Morgan fingerprint density at radius 3 is 2.21 bits per heavy atom. The highest BCUT2D eigenvalue weighted by atomic mass is 16.5. The molecular weight excluding hydrogens is 414 g/mol. The zero-order valence-electron chi connectivity index (χ0n) is 19.9. The molecule has 2 heterocycles. The van der Waals surface area contributed by atoms with Crippen LogP contribution in [0.1, 0.15) is 39.2 Å². The van der Waals surface area contributed by atoms with Crippen molar-refractivity contribution in [3.63, 3.8) is 0 Å². The lowest BCUT2D eigenvalue weighted by molar-refractivity contribution is -0.135. The van der Waals surface area contributed by atoms with E-state index in [1.165, 1.54) is 25.6 Å². The van der Waals surface area contributed by atoms with Crippen LogP contribution in [0.5, 0.6) is 5.75 Å². The topological polar surface area (TPSA) is 61.9 Å². The van der Waals surface area contributed by atoms with Crippen molar-refractivity contribution in [2.24, 2.45) is 11.8 Å². The molecule has 2 aliphatic heterocycles. The predicted octanol–water partition coefficient (Wildman–Crippen LogP) is 4.78. The number of hydrogen-bond acceptors (Lipinski definition) is 5. The predicted molar refractivity (Wildman–Crippen MR) is 132 cm³/mol. The van der Waals surface area contributed by atoms with Crippen molar-refractivity contribution in [2.45, 2.75) is 33.6 Å². The fourth-order valence-corrected chi connectivity index (χ4v) is 4.17. The van der Waals surface area contributed by atoms with Crippen molar-refractivity contribution in [3.05, 3.63) is 59.8 Å². The zero-order valence-corrected chi connectivity index (χ0v) is 19.9. The molecule has 2 aliphatic rings. The van der Waals surface area contributed by atoms with E-state index in [-0.39, 0.29) is 11.8 Å². The van der Waals surface area contributed by atoms with Crippen molar-refractivity contribution in [2.75, 3.05) is 37.0 Å². The summed E-state index contributed by atoms with van der Waals surface area (Å²) in [5.74, 6) is 1.32. The van der Waals surface area contributed by atoms with Gasteiger partial charge < -0.3 is 15.0 Å². The van der Waals surface area contributed by atoms with Crippen LogP contribution in [0.25, 0.3) is 5.57 Å². The number of piperidine rings is 1. The van der Waals surface area contributed by atoms with E-state index in [1.54, 1.807) is 0 Å². The number of imide groups is 1. The molecule has 1 N–H and O–H groups in total. The summed E-state index contributed by atoms with van der Waals surface area (Å²) in [5, 5.41) is 3.21. The van der Waals surface area contributed by atoms with Crippen molar-refractivity contribution in [3.8, 4) is 5.75 Å². The van der Waals surface area contributed by atoms with Gasteiger partial charge in [-0.3, -0.25) is 14.5 Å². The van der Waals surface area contributed by atoms with Gasteiger partial charge in [-0.25, -0.2) is 0 Å². The molecule has 2 amide bonds. The lowest BCUT2D eigenvalue weighted by Gasteiger charge is -2.32. The highest BCUT2D eigenvalue weighted by molar-refractivity contribution is 6.36. The molecule has 6 nitrogen and oxygen atoms in total. The monoisotopic (exact) mass is 447 g/mol. The van der Waals surface area contributed by atoms with Gasteiger partial charge in [0.05, 0.1) is 12.2 Å². The third-order valence-corrected chi connectivity index (χ3v) is 6.30. The summed E-state index contributed by atoms with van der Waals surface area (Å²) in [4.78, 5) is 29.3. The number of ether oxygens (including phenoxy) is 1. The average molecular weight is 448 g/mol. The van der Waals surface area contributed by atoms with Crippen LogP contribution in [-0.2, 0) is 9.59 Å². The van der Waals surface area contributed by atoms with Crippen molar-refractivity contribution >= 4 is 28.8 Å². The van der Waals surface area contributed by atoms with E-state index in [4.69, 9.17) is 4.74 Å². The summed E-state index contributed by atoms with van der Waals surface area (Å²) in [6.07, 6.45) is 2.42.